The van der Waals surface area contributed by atoms with E-state index < -0.39 is 9.04 Å². The normalized spacial score (nSPS) is 13.2. The van der Waals surface area contributed by atoms with Crippen LogP contribution in [0.15, 0.2) is 0 Å². The lowest BCUT2D eigenvalue weighted by molar-refractivity contribution is -0.144. The third-order valence-corrected chi connectivity index (χ3v) is 3.73. The zero-order valence-electron chi connectivity index (χ0n) is 8.38. The molecule has 0 saturated heterocycles. The Morgan fingerprint density at radius 2 is 1.67 bits per heavy atom. The summed E-state index contributed by atoms with van der Waals surface area (Å²) in [6.07, 6.45) is 7.93. The molecule has 0 bridgehead atoms. The summed E-state index contributed by atoms with van der Waals surface area (Å²) in [5.74, 6) is 0. The lowest BCUT2D eigenvalue weighted by Gasteiger charge is -2.04. The summed E-state index contributed by atoms with van der Waals surface area (Å²) >= 11 is 0. The summed E-state index contributed by atoms with van der Waals surface area (Å²) in [4.78, 5) is 0. The molecule has 74 valence electrons. The monoisotopic (exact) mass is 190 g/mol. The van der Waals surface area contributed by atoms with Gasteiger partial charge in [-0.2, -0.15) is 0 Å². The van der Waals surface area contributed by atoms with Gasteiger partial charge in [0.2, 0.25) is 9.04 Å². The van der Waals surface area contributed by atoms with Crippen molar-refractivity contribution in [2.75, 3.05) is 0 Å². The van der Waals surface area contributed by atoms with Gasteiger partial charge in [0.15, 0.2) is 0 Å². The van der Waals surface area contributed by atoms with Crippen molar-refractivity contribution in [3.05, 3.63) is 0 Å². The molecule has 0 aliphatic carbocycles. The molecule has 0 aliphatic rings. The zero-order chi connectivity index (χ0) is 9.23. The molecule has 1 unspecified atom stereocenters. The van der Waals surface area contributed by atoms with Crippen molar-refractivity contribution >= 4 is 9.04 Å². The largest absolute Gasteiger partial charge is 0.293 e. The van der Waals surface area contributed by atoms with Gasteiger partial charge in [-0.25, -0.2) is 0 Å². The van der Waals surface area contributed by atoms with Crippen LogP contribution in [-0.4, -0.2) is 14.3 Å². The van der Waals surface area contributed by atoms with Crippen LogP contribution in [0, 0.1) is 0 Å². The van der Waals surface area contributed by atoms with Gasteiger partial charge in [-0.05, 0) is 12.6 Å². The van der Waals surface area contributed by atoms with E-state index in [1.54, 1.807) is 0 Å². The fraction of sp³-hybridized carbons (Fsp3) is 1.00. The number of hydrogen-bond donors (Lipinski definition) is 1. The predicted molar refractivity (Wildman–Crippen MR) is 54.9 cm³/mol. The molecule has 0 aromatic rings. The van der Waals surface area contributed by atoms with Crippen molar-refractivity contribution in [2.24, 2.45) is 0 Å². The molecule has 0 rings (SSSR count). The summed E-state index contributed by atoms with van der Waals surface area (Å²) in [5.41, 5.74) is 0. The van der Waals surface area contributed by atoms with E-state index in [4.69, 9.17) is 5.26 Å². The smallest absolute Gasteiger partial charge is 0.220 e. The van der Waals surface area contributed by atoms with E-state index in [0.717, 1.165) is 6.04 Å². The quantitative estimate of drug-likeness (QED) is 0.276. The lowest BCUT2D eigenvalue weighted by atomic mass is 10.1. The predicted octanol–water partition coefficient (Wildman–Crippen LogP) is 3.19. The van der Waals surface area contributed by atoms with E-state index in [2.05, 4.69) is 11.5 Å². The first-order chi connectivity index (χ1) is 5.81. The highest BCUT2D eigenvalue weighted by atomic mass is 28.3. The minimum Gasteiger partial charge on any atom is -0.293 e. The second-order valence-electron chi connectivity index (χ2n) is 3.47. The van der Waals surface area contributed by atoms with Gasteiger partial charge in [0.25, 0.3) is 0 Å². The van der Waals surface area contributed by atoms with Crippen molar-refractivity contribution in [3.63, 3.8) is 0 Å². The minimum atomic E-state index is -1.18. The first-order valence-electron chi connectivity index (χ1n) is 5.11. The Bertz CT molecular complexity index is 88.6. The fourth-order valence-corrected chi connectivity index (χ4v) is 2.23. The van der Waals surface area contributed by atoms with E-state index in [0.29, 0.717) is 0 Å². The molecule has 0 aliphatic heterocycles. The summed E-state index contributed by atoms with van der Waals surface area (Å²) < 4.78 is 4.32. The van der Waals surface area contributed by atoms with Crippen LogP contribution < -0.4 is 0 Å². The Hall–Kier alpha value is 0.137. The molecule has 3 heteroatoms. The molecule has 0 aromatic carbocycles. The van der Waals surface area contributed by atoms with Crippen molar-refractivity contribution in [1.29, 1.82) is 0 Å². The Kier molecular flexibility index (Phi) is 9.33. The Morgan fingerprint density at radius 3 is 2.25 bits per heavy atom. The van der Waals surface area contributed by atoms with Gasteiger partial charge in [-0.3, -0.25) is 9.83 Å². The van der Waals surface area contributed by atoms with Gasteiger partial charge in [-0.15, -0.1) is 0 Å². The third kappa shape index (κ3) is 8.24. The molecule has 1 N–H and O–H groups in total. The molecule has 2 nitrogen and oxygen atoms in total. The van der Waals surface area contributed by atoms with Gasteiger partial charge >= 0.3 is 0 Å². The van der Waals surface area contributed by atoms with E-state index in [1.807, 2.05) is 6.55 Å². The van der Waals surface area contributed by atoms with Crippen LogP contribution in [0.1, 0.15) is 45.4 Å². The molecule has 0 saturated carbocycles. The topological polar surface area (TPSA) is 29.5 Å². The fourth-order valence-electron chi connectivity index (χ4n) is 1.26. The second kappa shape index (κ2) is 9.23. The van der Waals surface area contributed by atoms with Gasteiger partial charge < -0.3 is 0 Å². The highest BCUT2D eigenvalue weighted by Crippen LogP contribution is 2.08. The van der Waals surface area contributed by atoms with Crippen LogP contribution in [-0.2, 0) is 4.58 Å². The molecule has 0 fully saturated rings. The van der Waals surface area contributed by atoms with Crippen LogP contribution in [0.3, 0.4) is 0 Å². The standard InChI is InChI=1S/C9H22O2Si/c1-3-4-5-6-7-8-9-12(2)11-10/h10,12H,3-9H2,1-2H3. The van der Waals surface area contributed by atoms with Crippen LogP contribution >= 0.6 is 0 Å². The summed E-state index contributed by atoms with van der Waals surface area (Å²) in [6.45, 7) is 4.26. The molecule has 0 radical (unpaired) electrons. The van der Waals surface area contributed by atoms with Crippen molar-refractivity contribution in [1.82, 2.24) is 0 Å². The SMILES string of the molecule is CCCCCCCC[SiH](C)OO. The molecule has 0 heterocycles. The van der Waals surface area contributed by atoms with Crippen LogP contribution in [0.5, 0.6) is 0 Å². The van der Waals surface area contributed by atoms with Gasteiger partial charge in [-0.1, -0.05) is 45.4 Å². The highest BCUT2D eigenvalue weighted by molar-refractivity contribution is 6.49. The average molecular weight is 190 g/mol. The van der Waals surface area contributed by atoms with E-state index >= 15 is 0 Å². The second-order valence-corrected chi connectivity index (χ2v) is 5.88. The Labute approximate surface area is 77.6 Å². The van der Waals surface area contributed by atoms with E-state index in [1.165, 1.54) is 38.5 Å². The van der Waals surface area contributed by atoms with Crippen LogP contribution in [0.2, 0.25) is 12.6 Å². The molecule has 0 amide bonds. The van der Waals surface area contributed by atoms with E-state index in [9.17, 15) is 0 Å². The average Bonchev–Trinajstić information content (AvgIpc) is 2.10. The summed E-state index contributed by atoms with van der Waals surface area (Å²) in [7, 11) is -1.18. The molecule has 12 heavy (non-hydrogen) atoms. The lowest BCUT2D eigenvalue weighted by Crippen LogP contribution is -2.09. The van der Waals surface area contributed by atoms with Crippen LogP contribution in [0.4, 0.5) is 0 Å². The maximum Gasteiger partial charge on any atom is 0.220 e. The van der Waals surface area contributed by atoms with Gasteiger partial charge in [0, 0.05) is 0 Å². The number of rotatable bonds is 8. The molecule has 0 aromatic heterocycles. The molecular weight excluding hydrogens is 168 g/mol. The summed E-state index contributed by atoms with van der Waals surface area (Å²) in [5, 5.41) is 8.34. The van der Waals surface area contributed by atoms with Crippen molar-refractivity contribution < 1.29 is 9.83 Å². The van der Waals surface area contributed by atoms with Crippen molar-refractivity contribution in [2.45, 2.75) is 58.0 Å². The Balaban J connectivity index is 2.90. The maximum absolute atomic E-state index is 8.34. The first-order valence-corrected chi connectivity index (χ1v) is 7.55. The van der Waals surface area contributed by atoms with Gasteiger partial charge in [0.1, 0.15) is 0 Å². The molecule has 1 atom stereocenters. The third-order valence-electron chi connectivity index (χ3n) is 2.14. The first kappa shape index (κ1) is 12.1. The van der Waals surface area contributed by atoms with Gasteiger partial charge in [0.05, 0.1) is 0 Å². The number of unbranched alkanes of at least 4 members (excludes halogenated alkanes) is 5. The maximum atomic E-state index is 8.34. The van der Waals surface area contributed by atoms with Crippen LogP contribution in [0.25, 0.3) is 0 Å². The van der Waals surface area contributed by atoms with E-state index in [-0.39, 0.29) is 0 Å². The highest BCUT2D eigenvalue weighted by Gasteiger charge is 2.02. The number of hydrogen-bond acceptors (Lipinski definition) is 2. The molecular formula is C9H22O2Si. The zero-order valence-corrected chi connectivity index (χ0v) is 9.54. The van der Waals surface area contributed by atoms with Crippen molar-refractivity contribution in [3.8, 4) is 0 Å². The minimum absolute atomic E-state index is 1.11. The Morgan fingerprint density at radius 1 is 1.08 bits per heavy atom. The molecule has 0 spiro atoms. The summed E-state index contributed by atoms with van der Waals surface area (Å²) in [6, 6.07) is 1.11.